The molecule has 0 bridgehead atoms. The summed E-state index contributed by atoms with van der Waals surface area (Å²) in [6.45, 7) is 7.04. The van der Waals surface area contributed by atoms with E-state index >= 15 is 0 Å². The molecule has 246 valence electrons. The lowest BCUT2D eigenvalue weighted by Crippen LogP contribution is -2.44. The van der Waals surface area contributed by atoms with Crippen LogP contribution >= 0.6 is 11.3 Å². The van der Waals surface area contributed by atoms with E-state index in [2.05, 4.69) is 73.5 Å². The number of rotatable bonds is 11. The Labute approximate surface area is 279 Å². The molecule has 2 amide bonds. The minimum absolute atomic E-state index is 0.00889. The van der Waals surface area contributed by atoms with Crippen LogP contribution < -0.4 is 15.0 Å². The molecule has 0 radical (unpaired) electrons. The molecule has 1 N–H and O–H groups in total. The van der Waals surface area contributed by atoms with Crippen LogP contribution in [0.25, 0.3) is 10.4 Å². The van der Waals surface area contributed by atoms with Crippen molar-refractivity contribution in [2.75, 3.05) is 18.6 Å². The van der Waals surface area contributed by atoms with Crippen molar-refractivity contribution in [1.82, 2.24) is 10.3 Å². The van der Waals surface area contributed by atoms with Gasteiger partial charge in [0.15, 0.2) is 0 Å². The van der Waals surface area contributed by atoms with Crippen LogP contribution in [-0.2, 0) is 9.59 Å². The van der Waals surface area contributed by atoms with Crippen LogP contribution in [0.4, 0.5) is 5.69 Å². The zero-order valence-corrected chi connectivity index (χ0v) is 28.9. The Balaban J connectivity index is 1.16. The second kappa shape index (κ2) is 14.7. The number of nitrogens with zero attached hydrogens (tertiary/aromatic N) is 2. The van der Waals surface area contributed by atoms with Crippen LogP contribution in [-0.4, -0.2) is 36.5 Å². The first kappa shape index (κ1) is 32.7. The molecule has 3 aromatic rings. The van der Waals surface area contributed by atoms with Crippen molar-refractivity contribution in [3.05, 3.63) is 64.8 Å². The fourth-order valence-corrected chi connectivity index (χ4v) is 8.63. The molecule has 0 unspecified atom stereocenters. The van der Waals surface area contributed by atoms with Gasteiger partial charge in [0.2, 0.25) is 11.8 Å². The summed E-state index contributed by atoms with van der Waals surface area (Å²) in [4.78, 5) is 34.8. The van der Waals surface area contributed by atoms with E-state index in [-0.39, 0.29) is 23.8 Å². The molecule has 0 atom stereocenters. The molecule has 0 aliphatic heterocycles. The minimum atomic E-state index is -0.00889. The van der Waals surface area contributed by atoms with Gasteiger partial charge < -0.3 is 15.0 Å². The van der Waals surface area contributed by atoms with Gasteiger partial charge in [-0.2, -0.15) is 0 Å². The third kappa shape index (κ3) is 8.02. The molecule has 3 saturated carbocycles. The van der Waals surface area contributed by atoms with Crippen LogP contribution in [0.15, 0.2) is 48.7 Å². The number of hydrogen-bond donors (Lipinski definition) is 1. The lowest BCUT2D eigenvalue weighted by atomic mass is 9.78. The van der Waals surface area contributed by atoms with E-state index in [1.807, 2.05) is 6.20 Å². The van der Waals surface area contributed by atoms with Crippen molar-refractivity contribution in [2.24, 2.45) is 17.8 Å². The largest absolute Gasteiger partial charge is 0.496 e. The molecule has 7 heteroatoms. The summed E-state index contributed by atoms with van der Waals surface area (Å²) in [5.41, 5.74) is 4.75. The van der Waals surface area contributed by atoms with E-state index in [9.17, 15) is 9.59 Å². The summed E-state index contributed by atoms with van der Waals surface area (Å²) in [5, 5.41) is 4.47. The number of carbonyl (C=O) groups excluding carboxylic acids is 2. The highest BCUT2D eigenvalue weighted by Gasteiger charge is 2.33. The quantitative estimate of drug-likeness (QED) is 0.227. The Kier molecular flexibility index (Phi) is 10.5. The topological polar surface area (TPSA) is 71.5 Å². The van der Waals surface area contributed by atoms with Crippen molar-refractivity contribution in [1.29, 1.82) is 0 Å². The van der Waals surface area contributed by atoms with Crippen molar-refractivity contribution in [3.63, 3.8) is 0 Å². The summed E-state index contributed by atoms with van der Waals surface area (Å²) in [6, 6.07) is 15.4. The summed E-state index contributed by atoms with van der Waals surface area (Å²) in [7, 11) is 1.73. The first-order chi connectivity index (χ1) is 22.3. The molecule has 1 aromatic heterocycles. The summed E-state index contributed by atoms with van der Waals surface area (Å²) >= 11 is 1.80. The molecule has 46 heavy (non-hydrogen) atoms. The maximum Gasteiger partial charge on any atom is 0.230 e. The number of hydrogen-bond acceptors (Lipinski definition) is 5. The van der Waals surface area contributed by atoms with Gasteiger partial charge in [-0.3, -0.25) is 9.59 Å². The number of ether oxygens (including phenoxy) is 1. The second-order valence-electron chi connectivity index (χ2n) is 14.5. The van der Waals surface area contributed by atoms with Crippen LogP contribution in [0.1, 0.15) is 112 Å². The number of methoxy groups -OCH3 is 1. The van der Waals surface area contributed by atoms with Gasteiger partial charge in [-0.25, -0.2) is 4.98 Å². The third-order valence-electron chi connectivity index (χ3n) is 10.4. The normalized spacial score (nSPS) is 23.2. The highest BCUT2D eigenvalue weighted by atomic mass is 32.1. The number of aryl methyl sites for hydroxylation is 1. The predicted molar refractivity (Wildman–Crippen MR) is 188 cm³/mol. The first-order valence-electron chi connectivity index (χ1n) is 17.6. The molecule has 3 aliphatic carbocycles. The highest BCUT2D eigenvalue weighted by Crippen LogP contribution is 2.44. The number of thiazole rings is 1. The van der Waals surface area contributed by atoms with Crippen LogP contribution in [0.3, 0.4) is 0 Å². The van der Waals surface area contributed by atoms with Gasteiger partial charge >= 0.3 is 0 Å². The molecule has 6 nitrogen and oxygen atoms in total. The fraction of sp³-hybridized carbons (Fsp3) is 0.564. The van der Waals surface area contributed by atoms with E-state index in [0.29, 0.717) is 30.1 Å². The number of anilines is 1. The van der Waals surface area contributed by atoms with Crippen molar-refractivity contribution in [2.45, 2.75) is 109 Å². The average molecular weight is 642 g/mol. The van der Waals surface area contributed by atoms with Gasteiger partial charge in [0.05, 0.1) is 17.0 Å². The first-order valence-corrected chi connectivity index (χ1v) is 18.4. The van der Waals surface area contributed by atoms with Gasteiger partial charge in [-0.15, -0.1) is 11.3 Å². The number of nitrogens with one attached hydrogen (secondary N) is 1. The van der Waals surface area contributed by atoms with Gasteiger partial charge in [0.1, 0.15) is 5.75 Å². The average Bonchev–Trinajstić information content (AvgIpc) is 3.79. The molecule has 1 heterocycles. The smallest absolute Gasteiger partial charge is 0.230 e. The van der Waals surface area contributed by atoms with Gasteiger partial charge in [-0.05, 0) is 124 Å². The van der Waals surface area contributed by atoms with Crippen molar-refractivity contribution in [3.8, 4) is 16.2 Å². The summed E-state index contributed by atoms with van der Waals surface area (Å²) < 4.78 is 5.49. The zero-order chi connectivity index (χ0) is 32.2. The van der Waals surface area contributed by atoms with Gasteiger partial charge in [0, 0.05) is 42.7 Å². The maximum atomic E-state index is 14.4. The van der Waals surface area contributed by atoms with E-state index in [1.54, 1.807) is 18.4 Å². The molecule has 3 aliphatic rings. The zero-order valence-electron chi connectivity index (χ0n) is 28.1. The number of aromatic nitrogens is 1. The molecule has 3 fully saturated rings. The van der Waals surface area contributed by atoms with E-state index < -0.39 is 0 Å². The standard InChI is InChI=1S/C39H51N3O3S/c1-25(2)20-37(43)41-33-17-14-30(15-18-33)39(44)42(34-7-5-6-32(22-34)36-23-40-38(46-36)29-12-13-29)24-27-8-10-28(11-9-27)31-16-19-35(45-4)26(3)21-31/h5-7,16,19,21-23,25,27-30,33H,8-15,17-18,20,24H2,1-4H3,(H,41,43). The van der Waals surface area contributed by atoms with Crippen LogP contribution in [0.2, 0.25) is 0 Å². The van der Waals surface area contributed by atoms with Gasteiger partial charge in [0.25, 0.3) is 0 Å². The number of benzene rings is 2. The molecule has 6 rings (SSSR count). The lowest BCUT2D eigenvalue weighted by Gasteiger charge is -2.36. The SMILES string of the molecule is COc1ccc(C2CCC(CN(C(=O)C3CCC(NC(=O)CC(C)C)CC3)c3cccc(-c4cnc(C5CC5)s4)c3)CC2)cc1C. The Morgan fingerprint density at radius 3 is 2.37 bits per heavy atom. The fourth-order valence-electron chi connectivity index (χ4n) is 7.54. The summed E-state index contributed by atoms with van der Waals surface area (Å²) in [5.74, 6) is 3.34. The second-order valence-corrected chi connectivity index (χ2v) is 15.6. The van der Waals surface area contributed by atoms with Crippen molar-refractivity contribution >= 4 is 28.8 Å². The number of carbonyl (C=O) groups is 2. The molecular weight excluding hydrogens is 591 g/mol. The number of amides is 2. The monoisotopic (exact) mass is 641 g/mol. The maximum absolute atomic E-state index is 14.4. The Hall–Kier alpha value is -3.19. The minimum Gasteiger partial charge on any atom is -0.496 e. The molecule has 0 spiro atoms. The molecule has 0 saturated heterocycles. The Morgan fingerprint density at radius 2 is 1.70 bits per heavy atom. The van der Waals surface area contributed by atoms with E-state index in [0.717, 1.165) is 74.9 Å². The molecule has 2 aromatic carbocycles. The van der Waals surface area contributed by atoms with E-state index in [1.165, 1.54) is 33.9 Å². The molecular formula is C39H51N3O3S. The third-order valence-corrected chi connectivity index (χ3v) is 11.6. The van der Waals surface area contributed by atoms with Crippen LogP contribution in [0.5, 0.6) is 5.75 Å². The predicted octanol–water partition coefficient (Wildman–Crippen LogP) is 9.03. The summed E-state index contributed by atoms with van der Waals surface area (Å²) in [6.07, 6.45) is 13.0. The highest BCUT2D eigenvalue weighted by molar-refractivity contribution is 7.15. The van der Waals surface area contributed by atoms with E-state index in [4.69, 9.17) is 9.72 Å². The lowest BCUT2D eigenvalue weighted by molar-refractivity contribution is -0.124. The Bertz CT molecular complexity index is 1500. The Morgan fingerprint density at radius 1 is 0.957 bits per heavy atom. The van der Waals surface area contributed by atoms with Crippen LogP contribution in [0, 0.1) is 24.7 Å². The van der Waals surface area contributed by atoms with Crippen molar-refractivity contribution < 1.29 is 14.3 Å². The van der Waals surface area contributed by atoms with Gasteiger partial charge in [-0.1, -0.05) is 38.1 Å².